The van der Waals surface area contributed by atoms with Crippen LogP contribution < -0.4 is 10.6 Å². The van der Waals surface area contributed by atoms with Gasteiger partial charge in [0.15, 0.2) is 0 Å². The summed E-state index contributed by atoms with van der Waals surface area (Å²) in [6, 6.07) is 13.7. The molecule has 1 aromatic heterocycles. The number of carbonyl (C=O) groups excluding carboxylic acids is 1. The van der Waals surface area contributed by atoms with Gasteiger partial charge in [0.05, 0.1) is 6.04 Å². The monoisotopic (exact) mass is 381 g/mol. The molecule has 2 aromatic rings. The molecule has 0 bridgehead atoms. The summed E-state index contributed by atoms with van der Waals surface area (Å²) in [6.07, 6.45) is 1.31. The van der Waals surface area contributed by atoms with Gasteiger partial charge in [-0.1, -0.05) is 30.3 Å². The molecule has 3 N–H and O–H groups in total. The van der Waals surface area contributed by atoms with E-state index >= 15 is 0 Å². The van der Waals surface area contributed by atoms with Crippen LogP contribution in [0, 0.1) is 5.41 Å². The minimum Gasteiger partial charge on any atom is -0.444 e. The van der Waals surface area contributed by atoms with E-state index in [9.17, 15) is 4.79 Å². The normalized spacial score (nSPS) is 17.3. The molecule has 1 fully saturated rings. The average molecular weight is 381 g/mol. The van der Waals surface area contributed by atoms with E-state index in [-0.39, 0.29) is 18.0 Å². The Balaban J connectivity index is 1.86. The number of nitrogens with two attached hydrogens (primary N) is 1. The summed E-state index contributed by atoms with van der Waals surface area (Å²) in [7, 11) is 0. The van der Waals surface area contributed by atoms with Gasteiger partial charge in [-0.2, -0.15) is 0 Å². The number of hydrogen-bond donors (Lipinski definition) is 2. The number of carbonyl (C=O) groups is 1. The lowest BCUT2D eigenvalue weighted by Gasteiger charge is -2.42. The van der Waals surface area contributed by atoms with Gasteiger partial charge in [-0.15, -0.1) is 0 Å². The fourth-order valence-corrected chi connectivity index (χ4v) is 3.23. The van der Waals surface area contributed by atoms with E-state index in [2.05, 4.69) is 22.0 Å². The quantitative estimate of drug-likeness (QED) is 0.629. The molecule has 1 amide bonds. The first-order valence-electron chi connectivity index (χ1n) is 9.34. The molecule has 1 aliphatic rings. The molecule has 1 saturated heterocycles. The first-order valence-corrected chi connectivity index (χ1v) is 9.34. The van der Waals surface area contributed by atoms with E-state index in [4.69, 9.17) is 15.9 Å². The zero-order chi connectivity index (χ0) is 20.3. The standard InChI is InChI=1S/C21H27N5O2/c1-21(2,3)28-20(27)25-11-12-26(17(14-25)15-7-5-4-6-8-15)18-10-9-16(13-24-18)19(22)23/h4-10,13,17H,11-12,14H2,1-3H3,(H3,22,23). The van der Waals surface area contributed by atoms with Gasteiger partial charge in [0.2, 0.25) is 0 Å². The Hall–Kier alpha value is -3.09. The number of amidine groups is 1. The second-order valence-corrected chi connectivity index (χ2v) is 7.86. The Morgan fingerprint density at radius 2 is 1.89 bits per heavy atom. The van der Waals surface area contributed by atoms with E-state index < -0.39 is 5.60 Å². The highest BCUT2D eigenvalue weighted by molar-refractivity contribution is 5.94. The van der Waals surface area contributed by atoms with Crippen LogP contribution in [-0.2, 0) is 4.74 Å². The number of aromatic nitrogens is 1. The van der Waals surface area contributed by atoms with Crippen LogP contribution in [0.25, 0.3) is 0 Å². The van der Waals surface area contributed by atoms with E-state index in [0.717, 1.165) is 11.4 Å². The van der Waals surface area contributed by atoms with Crippen molar-refractivity contribution >= 4 is 17.7 Å². The number of piperazine rings is 1. The zero-order valence-electron chi connectivity index (χ0n) is 16.6. The maximum Gasteiger partial charge on any atom is 0.410 e. The van der Waals surface area contributed by atoms with Crippen molar-refractivity contribution < 1.29 is 9.53 Å². The number of benzene rings is 1. The Morgan fingerprint density at radius 3 is 2.46 bits per heavy atom. The molecule has 2 heterocycles. The van der Waals surface area contributed by atoms with E-state index in [1.54, 1.807) is 17.2 Å². The molecule has 0 radical (unpaired) electrons. The van der Waals surface area contributed by atoms with Crippen LogP contribution in [-0.4, -0.2) is 47.0 Å². The Labute approximate surface area is 165 Å². The van der Waals surface area contributed by atoms with Crippen molar-refractivity contribution in [1.29, 1.82) is 5.41 Å². The SMILES string of the molecule is CC(C)(C)OC(=O)N1CCN(c2ccc(C(=N)N)cn2)C(c2ccccc2)C1. The van der Waals surface area contributed by atoms with E-state index in [1.807, 2.05) is 45.0 Å². The van der Waals surface area contributed by atoms with Crippen LogP contribution in [0.1, 0.15) is 37.9 Å². The van der Waals surface area contributed by atoms with Crippen molar-refractivity contribution in [2.24, 2.45) is 5.73 Å². The number of hydrogen-bond acceptors (Lipinski definition) is 5. The third kappa shape index (κ3) is 4.60. The summed E-state index contributed by atoms with van der Waals surface area (Å²) in [5.74, 6) is 0.788. The molecule has 7 nitrogen and oxygen atoms in total. The molecule has 1 aliphatic heterocycles. The van der Waals surface area contributed by atoms with Crippen LogP contribution >= 0.6 is 0 Å². The second-order valence-electron chi connectivity index (χ2n) is 7.86. The fraction of sp³-hybridized carbons (Fsp3) is 0.381. The van der Waals surface area contributed by atoms with Crippen molar-refractivity contribution in [2.45, 2.75) is 32.4 Å². The number of ether oxygens (including phenoxy) is 1. The third-order valence-corrected chi connectivity index (χ3v) is 4.57. The molecule has 1 unspecified atom stereocenters. The summed E-state index contributed by atoms with van der Waals surface area (Å²) < 4.78 is 5.56. The van der Waals surface area contributed by atoms with Crippen LogP contribution in [0.4, 0.5) is 10.6 Å². The smallest absolute Gasteiger partial charge is 0.410 e. The summed E-state index contributed by atoms with van der Waals surface area (Å²) >= 11 is 0. The Kier molecular flexibility index (Phi) is 5.53. The molecule has 3 rings (SSSR count). The largest absolute Gasteiger partial charge is 0.444 e. The highest BCUT2D eigenvalue weighted by Crippen LogP contribution is 2.30. The lowest BCUT2D eigenvalue weighted by molar-refractivity contribution is 0.0213. The molecular formula is C21H27N5O2. The highest BCUT2D eigenvalue weighted by Gasteiger charge is 2.33. The van der Waals surface area contributed by atoms with Crippen LogP contribution in [0.2, 0.25) is 0 Å². The molecule has 1 atom stereocenters. The average Bonchev–Trinajstić information content (AvgIpc) is 2.67. The number of pyridine rings is 1. The van der Waals surface area contributed by atoms with Crippen LogP contribution in [0.3, 0.4) is 0 Å². The van der Waals surface area contributed by atoms with Crippen LogP contribution in [0.15, 0.2) is 48.7 Å². The third-order valence-electron chi connectivity index (χ3n) is 4.57. The summed E-state index contributed by atoms with van der Waals surface area (Å²) in [5, 5.41) is 7.54. The zero-order valence-corrected chi connectivity index (χ0v) is 16.6. The van der Waals surface area contributed by atoms with Crippen molar-refractivity contribution in [3.8, 4) is 0 Å². The van der Waals surface area contributed by atoms with Crippen molar-refractivity contribution in [3.05, 3.63) is 59.8 Å². The fourth-order valence-electron chi connectivity index (χ4n) is 3.23. The molecule has 0 saturated carbocycles. The van der Waals surface area contributed by atoms with Gasteiger partial charge < -0.3 is 20.3 Å². The van der Waals surface area contributed by atoms with Crippen molar-refractivity contribution in [3.63, 3.8) is 0 Å². The van der Waals surface area contributed by atoms with Gasteiger partial charge in [-0.05, 0) is 38.5 Å². The lowest BCUT2D eigenvalue weighted by Crippen LogP contribution is -2.52. The van der Waals surface area contributed by atoms with Crippen molar-refractivity contribution in [2.75, 3.05) is 24.5 Å². The first-order chi connectivity index (χ1) is 13.2. The Morgan fingerprint density at radius 1 is 1.18 bits per heavy atom. The van der Waals surface area contributed by atoms with Crippen LogP contribution in [0.5, 0.6) is 0 Å². The topological polar surface area (TPSA) is 95.5 Å². The summed E-state index contributed by atoms with van der Waals surface area (Å²) in [4.78, 5) is 21.0. The van der Waals surface area contributed by atoms with E-state index in [0.29, 0.717) is 25.2 Å². The van der Waals surface area contributed by atoms with Gasteiger partial charge in [-0.3, -0.25) is 5.41 Å². The van der Waals surface area contributed by atoms with Crippen molar-refractivity contribution in [1.82, 2.24) is 9.88 Å². The number of rotatable bonds is 3. The summed E-state index contributed by atoms with van der Waals surface area (Å²) in [5.41, 5.74) is 6.70. The summed E-state index contributed by atoms with van der Waals surface area (Å²) in [6.45, 7) is 7.30. The maximum atomic E-state index is 12.6. The van der Waals surface area contributed by atoms with Gasteiger partial charge in [0.1, 0.15) is 17.3 Å². The van der Waals surface area contributed by atoms with Gasteiger partial charge >= 0.3 is 6.09 Å². The minimum atomic E-state index is -0.527. The Bertz CT molecular complexity index is 830. The highest BCUT2D eigenvalue weighted by atomic mass is 16.6. The first kappa shape index (κ1) is 19.7. The van der Waals surface area contributed by atoms with Gasteiger partial charge in [0, 0.05) is 31.4 Å². The number of amides is 1. The molecule has 0 aliphatic carbocycles. The molecule has 28 heavy (non-hydrogen) atoms. The number of nitrogen functional groups attached to an aromatic ring is 1. The number of nitrogens with one attached hydrogen (secondary N) is 1. The maximum absolute atomic E-state index is 12.6. The number of anilines is 1. The minimum absolute atomic E-state index is 0.00611. The molecular weight excluding hydrogens is 354 g/mol. The predicted molar refractivity (Wildman–Crippen MR) is 110 cm³/mol. The molecule has 0 spiro atoms. The molecule has 1 aromatic carbocycles. The molecule has 148 valence electrons. The molecule has 7 heteroatoms. The second kappa shape index (κ2) is 7.88. The number of nitrogens with zero attached hydrogens (tertiary/aromatic N) is 3. The van der Waals surface area contributed by atoms with Gasteiger partial charge in [-0.25, -0.2) is 9.78 Å². The lowest BCUT2D eigenvalue weighted by atomic mass is 10.0. The predicted octanol–water partition coefficient (Wildman–Crippen LogP) is 3.16. The van der Waals surface area contributed by atoms with E-state index in [1.165, 1.54) is 0 Å². The van der Waals surface area contributed by atoms with Gasteiger partial charge in [0.25, 0.3) is 0 Å².